The Morgan fingerprint density at radius 2 is 2.00 bits per heavy atom. The van der Waals surface area contributed by atoms with E-state index in [0.717, 1.165) is 6.42 Å². The summed E-state index contributed by atoms with van der Waals surface area (Å²) in [4.78, 5) is 4.43. The molecular weight excluding hydrogens is 254 g/mol. The minimum atomic E-state index is -0.347. The van der Waals surface area contributed by atoms with Crippen molar-refractivity contribution in [2.24, 2.45) is 5.73 Å². The first kappa shape index (κ1) is 14.7. The van der Waals surface area contributed by atoms with Crippen molar-refractivity contribution in [3.8, 4) is 0 Å². The number of aromatic nitrogens is 2. The summed E-state index contributed by atoms with van der Waals surface area (Å²) in [5.74, 6) is 1.22. The van der Waals surface area contributed by atoms with Crippen LogP contribution in [0, 0.1) is 0 Å². The zero-order valence-corrected chi connectivity index (χ0v) is 12.0. The summed E-state index contributed by atoms with van der Waals surface area (Å²) in [6.45, 7) is 5.05. The standard InChI is InChI=1S/C15H21N3O2/c1-3-12(11-8-6-5-7-9-11)15-17-14(18-20-15)13(16)10-19-4-2/h5-9,12-13H,3-4,10,16H2,1-2H3. The summed E-state index contributed by atoms with van der Waals surface area (Å²) < 4.78 is 10.7. The van der Waals surface area contributed by atoms with E-state index in [1.54, 1.807) is 0 Å². The van der Waals surface area contributed by atoms with Crippen LogP contribution in [0.5, 0.6) is 0 Å². The van der Waals surface area contributed by atoms with Crippen molar-refractivity contribution in [2.75, 3.05) is 13.2 Å². The van der Waals surface area contributed by atoms with Crippen molar-refractivity contribution in [1.29, 1.82) is 0 Å². The van der Waals surface area contributed by atoms with Crippen molar-refractivity contribution < 1.29 is 9.26 Å². The molecule has 2 unspecified atom stereocenters. The highest BCUT2D eigenvalue weighted by Crippen LogP contribution is 2.26. The fourth-order valence-corrected chi connectivity index (χ4v) is 2.10. The maximum Gasteiger partial charge on any atom is 0.234 e. The van der Waals surface area contributed by atoms with Gasteiger partial charge in [0.1, 0.15) is 0 Å². The van der Waals surface area contributed by atoms with Crippen LogP contribution in [0.3, 0.4) is 0 Å². The van der Waals surface area contributed by atoms with Gasteiger partial charge in [-0.25, -0.2) is 0 Å². The summed E-state index contributed by atoms with van der Waals surface area (Å²) in [5, 5.41) is 3.97. The molecule has 2 rings (SSSR count). The molecule has 0 amide bonds. The van der Waals surface area contributed by atoms with Crippen molar-refractivity contribution in [3.63, 3.8) is 0 Å². The van der Waals surface area contributed by atoms with Crippen molar-refractivity contribution in [2.45, 2.75) is 32.2 Å². The number of rotatable bonds is 7. The van der Waals surface area contributed by atoms with E-state index in [-0.39, 0.29) is 12.0 Å². The van der Waals surface area contributed by atoms with Crippen LogP contribution in [0.1, 0.15) is 49.5 Å². The third-order valence-electron chi connectivity index (χ3n) is 3.20. The maximum absolute atomic E-state index is 5.96. The lowest BCUT2D eigenvalue weighted by atomic mass is 9.96. The average molecular weight is 275 g/mol. The van der Waals surface area contributed by atoms with E-state index in [2.05, 4.69) is 29.2 Å². The molecule has 1 heterocycles. The lowest BCUT2D eigenvalue weighted by molar-refractivity contribution is 0.130. The zero-order chi connectivity index (χ0) is 14.4. The molecule has 0 radical (unpaired) electrons. The number of hydrogen-bond acceptors (Lipinski definition) is 5. The fourth-order valence-electron chi connectivity index (χ4n) is 2.10. The summed E-state index contributed by atoms with van der Waals surface area (Å²) in [5.41, 5.74) is 7.13. The predicted octanol–water partition coefficient (Wildman–Crippen LogP) is 2.65. The lowest BCUT2D eigenvalue weighted by Gasteiger charge is -2.10. The maximum atomic E-state index is 5.96. The molecule has 0 aliphatic heterocycles. The second-order valence-electron chi connectivity index (χ2n) is 4.63. The molecule has 20 heavy (non-hydrogen) atoms. The molecule has 2 N–H and O–H groups in total. The van der Waals surface area contributed by atoms with Gasteiger partial charge in [-0.3, -0.25) is 0 Å². The Morgan fingerprint density at radius 1 is 1.25 bits per heavy atom. The monoisotopic (exact) mass is 275 g/mol. The Labute approximate surface area is 119 Å². The molecule has 2 atom stereocenters. The third-order valence-corrected chi connectivity index (χ3v) is 3.20. The Morgan fingerprint density at radius 3 is 2.65 bits per heavy atom. The molecule has 108 valence electrons. The van der Waals surface area contributed by atoms with Crippen LogP contribution >= 0.6 is 0 Å². The highest BCUT2D eigenvalue weighted by atomic mass is 16.5. The van der Waals surface area contributed by atoms with Crippen LogP contribution in [-0.2, 0) is 4.74 Å². The van der Waals surface area contributed by atoms with Gasteiger partial charge in [-0.2, -0.15) is 4.98 Å². The number of ether oxygens (including phenoxy) is 1. The summed E-state index contributed by atoms with van der Waals surface area (Å²) in [6, 6.07) is 9.80. The molecule has 0 bridgehead atoms. The van der Waals surface area contributed by atoms with E-state index in [0.29, 0.717) is 24.9 Å². The molecule has 0 saturated carbocycles. The predicted molar refractivity (Wildman–Crippen MR) is 76.3 cm³/mol. The van der Waals surface area contributed by atoms with E-state index in [1.807, 2.05) is 25.1 Å². The first-order chi connectivity index (χ1) is 9.76. The SMILES string of the molecule is CCOCC(N)c1noc(C(CC)c2ccccc2)n1. The van der Waals surface area contributed by atoms with Crippen molar-refractivity contribution in [1.82, 2.24) is 10.1 Å². The summed E-state index contributed by atoms with van der Waals surface area (Å²) >= 11 is 0. The topological polar surface area (TPSA) is 74.2 Å². The van der Waals surface area contributed by atoms with Crippen LogP contribution in [0.25, 0.3) is 0 Å². The zero-order valence-electron chi connectivity index (χ0n) is 12.0. The molecule has 2 aromatic rings. The minimum Gasteiger partial charge on any atom is -0.380 e. The van der Waals surface area contributed by atoms with Gasteiger partial charge in [0.05, 0.1) is 18.6 Å². The summed E-state index contributed by atoms with van der Waals surface area (Å²) in [6.07, 6.45) is 0.895. The quantitative estimate of drug-likeness (QED) is 0.840. The number of nitrogens with two attached hydrogens (primary N) is 1. The third kappa shape index (κ3) is 3.43. The van der Waals surface area contributed by atoms with Gasteiger partial charge in [-0.1, -0.05) is 42.4 Å². The smallest absolute Gasteiger partial charge is 0.234 e. The molecule has 0 spiro atoms. The van der Waals surface area contributed by atoms with Crippen molar-refractivity contribution >= 4 is 0 Å². The van der Waals surface area contributed by atoms with Crippen LogP contribution in [0.4, 0.5) is 0 Å². The van der Waals surface area contributed by atoms with Crippen LogP contribution < -0.4 is 5.73 Å². The van der Waals surface area contributed by atoms with Crippen molar-refractivity contribution in [3.05, 3.63) is 47.6 Å². The van der Waals surface area contributed by atoms with Gasteiger partial charge in [0.15, 0.2) is 5.82 Å². The van der Waals surface area contributed by atoms with Gasteiger partial charge in [0.2, 0.25) is 5.89 Å². The normalized spacial score (nSPS) is 14.2. The van der Waals surface area contributed by atoms with Crippen LogP contribution in [0.15, 0.2) is 34.9 Å². The molecular formula is C15H21N3O2. The molecule has 0 aliphatic carbocycles. The largest absolute Gasteiger partial charge is 0.380 e. The van der Waals surface area contributed by atoms with E-state index in [9.17, 15) is 0 Å². The Bertz CT molecular complexity index is 513. The molecule has 0 aliphatic rings. The van der Waals surface area contributed by atoms with Gasteiger partial charge in [-0.05, 0) is 18.9 Å². The molecule has 5 nitrogen and oxygen atoms in total. The molecule has 5 heteroatoms. The van der Waals surface area contributed by atoms with Gasteiger partial charge in [0.25, 0.3) is 0 Å². The van der Waals surface area contributed by atoms with E-state index in [1.165, 1.54) is 5.56 Å². The number of benzene rings is 1. The molecule has 0 saturated heterocycles. The second kappa shape index (κ2) is 7.17. The first-order valence-corrected chi connectivity index (χ1v) is 6.98. The van der Waals surface area contributed by atoms with E-state index >= 15 is 0 Å². The Kier molecular flexibility index (Phi) is 5.26. The van der Waals surface area contributed by atoms with E-state index < -0.39 is 0 Å². The minimum absolute atomic E-state index is 0.108. The fraction of sp³-hybridized carbons (Fsp3) is 0.467. The van der Waals surface area contributed by atoms with E-state index in [4.69, 9.17) is 15.0 Å². The Balaban J connectivity index is 2.14. The average Bonchev–Trinajstić information content (AvgIpc) is 2.96. The van der Waals surface area contributed by atoms with Gasteiger partial charge in [-0.15, -0.1) is 0 Å². The highest BCUT2D eigenvalue weighted by molar-refractivity contribution is 5.24. The van der Waals surface area contributed by atoms with Gasteiger partial charge in [0, 0.05) is 6.61 Å². The van der Waals surface area contributed by atoms with Gasteiger partial charge >= 0.3 is 0 Å². The number of nitrogens with zero attached hydrogens (tertiary/aromatic N) is 2. The molecule has 1 aromatic carbocycles. The van der Waals surface area contributed by atoms with Crippen LogP contribution in [0.2, 0.25) is 0 Å². The molecule has 0 fully saturated rings. The van der Waals surface area contributed by atoms with Crippen LogP contribution in [-0.4, -0.2) is 23.4 Å². The second-order valence-corrected chi connectivity index (χ2v) is 4.63. The number of hydrogen-bond donors (Lipinski definition) is 1. The Hall–Kier alpha value is -1.72. The first-order valence-electron chi connectivity index (χ1n) is 6.98. The summed E-state index contributed by atoms with van der Waals surface area (Å²) in [7, 11) is 0. The van der Waals surface area contributed by atoms with Gasteiger partial charge < -0.3 is 15.0 Å². The molecule has 1 aromatic heterocycles. The highest BCUT2D eigenvalue weighted by Gasteiger charge is 2.21. The lowest BCUT2D eigenvalue weighted by Crippen LogP contribution is -2.18.